The molecule has 1 rings (SSSR count). The highest BCUT2D eigenvalue weighted by Gasteiger charge is 2.06. The van der Waals surface area contributed by atoms with Crippen molar-refractivity contribution < 1.29 is 0 Å². The van der Waals surface area contributed by atoms with Gasteiger partial charge in [-0.25, -0.2) is 4.98 Å². The average Bonchev–Trinajstić information content (AvgIpc) is 2.40. The van der Waals surface area contributed by atoms with E-state index >= 15 is 0 Å². The van der Waals surface area contributed by atoms with Gasteiger partial charge in [-0.15, -0.1) is 22.9 Å². The summed E-state index contributed by atoms with van der Waals surface area (Å²) >= 11 is 7.62. The number of hydrogen-bond acceptors (Lipinski definition) is 2. The predicted octanol–water partition coefficient (Wildman–Crippen LogP) is 4.04. The molecule has 78 valence electrons. The second-order valence-electron chi connectivity index (χ2n) is 3.69. The van der Waals surface area contributed by atoms with Crippen LogP contribution in [0.15, 0.2) is 5.57 Å². The van der Waals surface area contributed by atoms with Gasteiger partial charge in [0.25, 0.3) is 0 Å². The zero-order valence-corrected chi connectivity index (χ0v) is 10.7. The van der Waals surface area contributed by atoms with Gasteiger partial charge >= 0.3 is 0 Å². The fraction of sp³-hybridized carbons (Fsp3) is 0.545. The molecule has 1 nitrogen and oxygen atoms in total. The molecule has 14 heavy (non-hydrogen) atoms. The fourth-order valence-electron chi connectivity index (χ4n) is 1.21. The highest BCUT2D eigenvalue weighted by atomic mass is 35.5. The fourth-order valence-corrected chi connectivity index (χ4v) is 2.50. The Morgan fingerprint density at radius 1 is 1.50 bits per heavy atom. The smallest absolute Gasteiger partial charge is 0.0903 e. The number of allylic oxidation sites excluding steroid dienone is 1. The van der Waals surface area contributed by atoms with Crippen LogP contribution >= 0.6 is 22.9 Å². The Kier molecular flexibility index (Phi) is 4.14. The summed E-state index contributed by atoms with van der Waals surface area (Å²) < 4.78 is 0. The number of aromatic nitrogens is 1. The van der Waals surface area contributed by atoms with Crippen LogP contribution in [0.2, 0.25) is 0 Å². The van der Waals surface area contributed by atoms with Crippen molar-refractivity contribution in [2.24, 2.45) is 5.92 Å². The molecule has 0 saturated carbocycles. The first-order chi connectivity index (χ1) is 6.54. The van der Waals surface area contributed by atoms with E-state index in [1.165, 1.54) is 10.5 Å². The van der Waals surface area contributed by atoms with E-state index in [0.717, 1.165) is 10.7 Å². The van der Waals surface area contributed by atoms with E-state index in [4.69, 9.17) is 11.6 Å². The number of rotatable bonds is 3. The van der Waals surface area contributed by atoms with Crippen LogP contribution < -0.4 is 0 Å². The van der Waals surface area contributed by atoms with E-state index in [1.54, 1.807) is 11.3 Å². The summed E-state index contributed by atoms with van der Waals surface area (Å²) in [5.41, 5.74) is 2.38. The van der Waals surface area contributed by atoms with Gasteiger partial charge < -0.3 is 0 Å². The van der Waals surface area contributed by atoms with Gasteiger partial charge in [0, 0.05) is 5.88 Å². The molecular weight excluding hydrogens is 214 g/mol. The van der Waals surface area contributed by atoms with Crippen molar-refractivity contribution in [3.05, 3.63) is 21.2 Å². The standard InChI is InChI=1S/C11H16ClNS/c1-7(2)10(6-12)5-11-8(3)13-9(4)14-11/h5,7H,6H2,1-4H3/b10-5-. The van der Waals surface area contributed by atoms with Crippen molar-refractivity contribution >= 4 is 29.0 Å². The van der Waals surface area contributed by atoms with Gasteiger partial charge in [0.05, 0.1) is 15.6 Å². The molecule has 1 aromatic rings. The highest BCUT2D eigenvalue weighted by molar-refractivity contribution is 7.12. The van der Waals surface area contributed by atoms with E-state index in [0.29, 0.717) is 11.8 Å². The summed E-state index contributed by atoms with van der Waals surface area (Å²) in [6, 6.07) is 0. The van der Waals surface area contributed by atoms with Gasteiger partial charge in [-0.05, 0) is 25.8 Å². The molecule has 0 spiro atoms. The summed E-state index contributed by atoms with van der Waals surface area (Å²) in [5, 5.41) is 1.12. The van der Waals surface area contributed by atoms with E-state index in [9.17, 15) is 0 Å². The average molecular weight is 230 g/mol. The Balaban J connectivity index is 3.00. The third kappa shape index (κ3) is 2.82. The number of thiazole rings is 1. The van der Waals surface area contributed by atoms with Crippen LogP contribution in [0.3, 0.4) is 0 Å². The van der Waals surface area contributed by atoms with Gasteiger partial charge in [0.1, 0.15) is 0 Å². The zero-order chi connectivity index (χ0) is 10.7. The van der Waals surface area contributed by atoms with Crippen LogP contribution in [0.1, 0.15) is 29.4 Å². The molecule has 0 bridgehead atoms. The Bertz CT molecular complexity index is 339. The van der Waals surface area contributed by atoms with Crippen LogP contribution in [0, 0.1) is 19.8 Å². The number of aryl methyl sites for hydroxylation is 2. The third-order valence-corrected chi connectivity index (χ3v) is 3.48. The summed E-state index contributed by atoms with van der Waals surface area (Å²) in [7, 11) is 0. The second kappa shape index (κ2) is 4.94. The van der Waals surface area contributed by atoms with Gasteiger partial charge in [-0.1, -0.05) is 19.4 Å². The van der Waals surface area contributed by atoms with Crippen LogP contribution in [-0.4, -0.2) is 10.9 Å². The monoisotopic (exact) mass is 229 g/mol. The third-order valence-electron chi connectivity index (χ3n) is 2.15. The predicted molar refractivity (Wildman–Crippen MR) is 65.1 cm³/mol. The molecule has 0 radical (unpaired) electrons. The van der Waals surface area contributed by atoms with Gasteiger partial charge in [0.15, 0.2) is 0 Å². The molecule has 3 heteroatoms. The molecule has 0 N–H and O–H groups in total. The van der Waals surface area contributed by atoms with Crippen LogP contribution in [-0.2, 0) is 0 Å². The lowest BCUT2D eigenvalue weighted by Gasteiger charge is -2.06. The maximum Gasteiger partial charge on any atom is 0.0903 e. The minimum absolute atomic E-state index is 0.509. The van der Waals surface area contributed by atoms with Crippen LogP contribution in [0.5, 0.6) is 0 Å². The van der Waals surface area contributed by atoms with E-state index in [2.05, 4.69) is 24.9 Å². The summed E-state index contributed by atoms with van der Waals surface area (Å²) in [6.45, 7) is 8.40. The number of hydrogen-bond donors (Lipinski definition) is 0. The largest absolute Gasteiger partial charge is 0.246 e. The molecule has 0 fully saturated rings. The first-order valence-electron chi connectivity index (χ1n) is 4.75. The molecule has 1 heterocycles. The molecule has 0 aliphatic carbocycles. The van der Waals surface area contributed by atoms with Crippen molar-refractivity contribution in [3.8, 4) is 0 Å². The normalized spacial score (nSPS) is 12.6. The lowest BCUT2D eigenvalue weighted by Crippen LogP contribution is -1.94. The molecule has 0 unspecified atom stereocenters. The second-order valence-corrected chi connectivity index (χ2v) is 5.19. The Morgan fingerprint density at radius 3 is 2.50 bits per heavy atom. The SMILES string of the molecule is Cc1nc(C)c(/C=C(/CCl)C(C)C)s1. The van der Waals surface area contributed by atoms with Crippen LogP contribution in [0.4, 0.5) is 0 Å². The molecule has 0 aromatic carbocycles. The minimum atomic E-state index is 0.509. The van der Waals surface area contributed by atoms with Gasteiger partial charge in [-0.2, -0.15) is 0 Å². The minimum Gasteiger partial charge on any atom is -0.246 e. The Labute approximate surface area is 94.8 Å². The molecular formula is C11H16ClNS. The molecule has 0 aliphatic heterocycles. The quantitative estimate of drug-likeness (QED) is 0.713. The van der Waals surface area contributed by atoms with Crippen molar-refractivity contribution in [2.75, 3.05) is 5.88 Å². The number of halogens is 1. The summed E-state index contributed by atoms with van der Waals surface area (Å²) in [4.78, 5) is 5.63. The first-order valence-corrected chi connectivity index (χ1v) is 6.10. The first kappa shape index (κ1) is 11.7. The van der Waals surface area contributed by atoms with Crippen molar-refractivity contribution in [2.45, 2.75) is 27.7 Å². The highest BCUT2D eigenvalue weighted by Crippen LogP contribution is 2.23. The molecule has 1 aromatic heterocycles. The number of nitrogens with zero attached hydrogens (tertiary/aromatic N) is 1. The van der Waals surface area contributed by atoms with Crippen molar-refractivity contribution in [3.63, 3.8) is 0 Å². The van der Waals surface area contributed by atoms with Gasteiger partial charge in [-0.3, -0.25) is 0 Å². The Morgan fingerprint density at radius 2 is 2.14 bits per heavy atom. The maximum atomic E-state index is 5.89. The summed E-state index contributed by atoms with van der Waals surface area (Å²) in [6.07, 6.45) is 2.18. The van der Waals surface area contributed by atoms with E-state index < -0.39 is 0 Å². The zero-order valence-electron chi connectivity index (χ0n) is 9.10. The van der Waals surface area contributed by atoms with Crippen molar-refractivity contribution in [1.82, 2.24) is 4.98 Å². The van der Waals surface area contributed by atoms with Crippen molar-refractivity contribution in [1.29, 1.82) is 0 Å². The number of alkyl halides is 1. The maximum absolute atomic E-state index is 5.89. The lowest BCUT2D eigenvalue weighted by atomic mass is 10.0. The molecule has 0 atom stereocenters. The van der Waals surface area contributed by atoms with E-state index in [1.807, 2.05) is 13.8 Å². The van der Waals surface area contributed by atoms with Crippen LogP contribution in [0.25, 0.3) is 6.08 Å². The molecule has 0 aliphatic rings. The Hall–Kier alpha value is -0.340. The summed E-state index contributed by atoms with van der Waals surface area (Å²) in [5.74, 6) is 1.11. The lowest BCUT2D eigenvalue weighted by molar-refractivity contribution is 0.778. The molecule has 0 amide bonds. The van der Waals surface area contributed by atoms with E-state index in [-0.39, 0.29) is 0 Å². The molecule has 0 saturated heterocycles. The topological polar surface area (TPSA) is 12.9 Å². The van der Waals surface area contributed by atoms with Gasteiger partial charge in [0.2, 0.25) is 0 Å².